The van der Waals surface area contributed by atoms with Gasteiger partial charge in [0.2, 0.25) is 0 Å². The lowest BCUT2D eigenvalue weighted by atomic mass is 9.91. The molecule has 0 radical (unpaired) electrons. The number of hydrogen-bond acceptors (Lipinski definition) is 5. The average Bonchev–Trinajstić information content (AvgIpc) is 2.44. The van der Waals surface area contributed by atoms with Crippen LogP contribution in [0.15, 0.2) is 18.2 Å². The second-order valence-corrected chi connectivity index (χ2v) is 4.32. The molecule has 18 heavy (non-hydrogen) atoms. The van der Waals surface area contributed by atoms with Crippen molar-refractivity contribution in [2.24, 2.45) is 0 Å². The Morgan fingerprint density at radius 1 is 1.44 bits per heavy atom. The van der Waals surface area contributed by atoms with E-state index in [1.807, 2.05) is 12.1 Å². The fourth-order valence-corrected chi connectivity index (χ4v) is 2.26. The largest absolute Gasteiger partial charge is 0.467 e. The number of fused-ring (bicyclic) bond motifs is 1. The number of benzene rings is 1. The van der Waals surface area contributed by atoms with Crippen LogP contribution in [0.1, 0.15) is 22.8 Å². The number of carbonyl (C=O) groups excluding carboxylic acids is 1. The number of ether oxygens (including phenoxy) is 1. The van der Waals surface area contributed by atoms with Gasteiger partial charge in [-0.05, 0) is 29.7 Å². The number of esters is 1. The van der Waals surface area contributed by atoms with Crippen LogP contribution < -0.4 is 5.32 Å². The van der Waals surface area contributed by atoms with Gasteiger partial charge in [0.25, 0.3) is 0 Å². The highest BCUT2D eigenvalue weighted by Crippen LogP contribution is 2.26. The van der Waals surface area contributed by atoms with Crippen molar-refractivity contribution in [1.29, 1.82) is 0 Å². The standard InChI is InChI=1S/C13H17NO4/c1-18-13(17)12(16)11(15)10-4-2-3-8-7-14-6-5-9(8)10/h2-4,11-12,14-16H,5-7H2,1H3. The summed E-state index contributed by atoms with van der Waals surface area (Å²) in [6.45, 7) is 1.56. The van der Waals surface area contributed by atoms with Crippen LogP contribution >= 0.6 is 0 Å². The zero-order chi connectivity index (χ0) is 13.1. The van der Waals surface area contributed by atoms with Crippen LogP contribution in [0.5, 0.6) is 0 Å². The normalized spacial score (nSPS) is 17.7. The van der Waals surface area contributed by atoms with E-state index in [-0.39, 0.29) is 0 Å². The molecule has 5 heteroatoms. The van der Waals surface area contributed by atoms with Crippen molar-refractivity contribution in [3.8, 4) is 0 Å². The molecule has 0 aliphatic carbocycles. The molecule has 1 aromatic carbocycles. The van der Waals surface area contributed by atoms with Gasteiger partial charge in [0.05, 0.1) is 7.11 Å². The SMILES string of the molecule is COC(=O)C(O)C(O)c1cccc2c1CCNC2. The number of carbonyl (C=O) groups is 1. The first-order valence-electron chi connectivity index (χ1n) is 5.90. The monoisotopic (exact) mass is 251 g/mol. The molecular weight excluding hydrogens is 234 g/mol. The van der Waals surface area contributed by atoms with E-state index in [1.165, 1.54) is 7.11 Å². The number of nitrogens with one attached hydrogen (secondary N) is 1. The Morgan fingerprint density at radius 3 is 2.94 bits per heavy atom. The van der Waals surface area contributed by atoms with E-state index < -0.39 is 18.2 Å². The van der Waals surface area contributed by atoms with Gasteiger partial charge in [-0.2, -0.15) is 0 Å². The summed E-state index contributed by atoms with van der Waals surface area (Å²) in [5, 5.41) is 23.0. The summed E-state index contributed by atoms with van der Waals surface area (Å²) in [6.07, 6.45) is -2.02. The minimum absolute atomic E-state index is 0.604. The lowest BCUT2D eigenvalue weighted by Crippen LogP contribution is -2.31. The molecule has 5 nitrogen and oxygen atoms in total. The zero-order valence-corrected chi connectivity index (χ0v) is 10.2. The molecule has 1 aliphatic rings. The van der Waals surface area contributed by atoms with Crippen LogP contribution in [0.4, 0.5) is 0 Å². The lowest BCUT2D eigenvalue weighted by Gasteiger charge is -2.24. The molecule has 3 N–H and O–H groups in total. The summed E-state index contributed by atoms with van der Waals surface area (Å²) in [5.74, 6) is -0.825. The Bertz CT molecular complexity index is 447. The molecule has 0 saturated carbocycles. The van der Waals surface area contributed by atoms with E-state index in [4.69, 9.17) is 0 Å². The Morgan fingerprint density at radius 2 is 2.22 bits per heavy atom. The van der Waals surface area contributed by atoms with Crippen LogP contribution in [-0.4, -0.2) is 35.9 Å². The zero-order valence-electron chi connectivity index (χ0n) is 10.2. The third-order valence-electron chi connectivity index (χ3n) is 3.24. The van der Waals surface area contributed by atoms with Gasteiger partial charge >= 0.3 is 5.97 Å². The fourth-order valence-electron chi connectivity index (χ4n) is 2.26. The van der Waals surface area contributed by atoms with Gasteiger partial charge in [-0.15, -0.1) is 0 Å². The van der Waals surface area contributed by atoms with Crippen molar-refractivity contribution in [3.63, 3.8) is 0 Å². The molecule has 1 aliphatic heterocycles. The second kappa shape index (κ2) is 5.48. The van der Waals surface area contributed by atoms with E-state index in [0.29, 0.717) is 5.56 Å². The molecule has 0 bridgehead atoms. The Hall–Kier alpha value is -1.43. The maximum Gasteiger partial charge on any atom is 0.337 e. The first-order chi connectivity index (χ1) is 8.65. The molecule has 0 amide bonds. The van der Waals surface area contributed by atoms with Crippen molar-refractivity contribution in [2.75, 3.05) is 13.7 Å². The molecule has 0 fully saturated rings. The molecule has 0 saturated heterocycles. The molecule has 98 valence electrons. The molecule has 2 unspecified atom stereocenters. The highest BCUT2D eigenvalue weighted by molar-refractivity contribution is 5.75. The van der Waals surface area contributed by atoms with Crippen molar-refractivity contribution < 1.29 is 19.7 Å². The van der Waals surface area contributed by atoms with Gasteiger partial charge in [0, 0.05) is 6.54 Å². The van der Waals surface area contributed by atoms with Crippen molar-refractivity contribution >= 4 is 5.97 Å². The first-order valence-corrected chi connectivity index (χ1v) is 5.90. The maximum atomic E-state index is 11.3. The van der Waals surface area contributed by atoms with E-state index in [1.54, 1.807) is 6.07 Å². The third kappa shape index (κ3) is 2.38. The Labute approximate surface area is 105 Å². The number of methoxy groups -OCH3 is 1. The van der Waals surface area contributed by atoms with Crippen molar-refractivity contribution in [3.05, 3.63) is 34.9 Å². The van der Waals surface area contributed by atoms with Gasteiger partial charge in [0.1, 0.15) is 6.10 Å². The van der Waals surface area contributed by atoms with Crippen LogP contribution in [0.25, 0.3) is 0 Å². The quantitative estimate of drug-likeness (QED) is 0.654. The summed E-state index contributed by atoms with van der Waals surface area (Å²) in [6, 6.07) is 5.53. The highest BCUT2D eigenvalue weighted by atomic mass is 16.5. The smallest absolute Gasteiger partial charge is 0.337 e. The molecule has 1 aromatic rings. The van der Waals surface area contributed by atoms with E-state index in [0.717, 1.165) is 30.6 Å². The predicted octanol–water partition coefficient (Wildman–Crippen LogP) is -0.100. The van der Waals surface area contributed by atoms with Crippen molar-refractivity contribution in [2.45, 2.75) is 25.2 Å². The maximum absolute atomic E-state index is 11.3. The summed E-state index contributed by atoms with van der Waals surface area (Å²) in [7, 11) is 1.18. The van der Waals surface area contributed by atoms with Crippen LogP contribution in [0, 0.1) is 0 Å². The molecule has 0 aromatic heterocycles. The molecule has 2 rings (SSSR count). The molecule has 1 heterocycles. The van der Waals surface area contributed by atoms with Crippen LogP contribution in [-0.2, 0) is 22.5 Å². The molecule has 0 spiro atoms. The first kappa shape index (κ1) is 13.0. The predicted molar refractivity (Wildman–Crippen MR) is 64.8 cm³/mol. The summed E-state index contributed by atoms with van der Waals surface area (Å²) in [5.41, 5.74) is 2.70. The lowest BCUT2D eigenvalue weighted by molar-refractivity contribution is -0.156. The second-order valence-electron chi connectivity index (χ2n) is 4.32. The number of rotatable bonds is 3. The van der Waals surface area contributed by atoms with E-state index >= 15 is 0 Å². The number of hydrogen-bond donors (Lipinski definition) is 3. The summed E-state index contributed by atoms with van der Waals surface area (Å²) >= 11 is 0. The van der Waals surface area contributed by atoms with E-state index in [2.05, 4.69) is 10.1 Å². The fraction of sp³-hybridized carbons (Fsp3) is 0.462. The van der Waals surface area contributed by atoms with Crippen LogP contribution in [0.2, 0.25) is 0 Å². The average molecular weight is 251 g/mol. The third-order valence-corrected chi connectivity index (χ3v) is 3.24. The Kier molecular flexibility index (Phi) is 3.96. The van der Waals surface area contributed by atoms with Gasteiger partial charge < -0.3 is 20.3 Å². The van der Waals surface area contributed by atoms with E-state index in [9.17, 15) is 15.0 Å². The Balaban J connectivity index is 2.30. The molecule has 2 atom stereocenters. The summed E-state index contributed by atoms with van der Waals surface area (Å²) in [4.78, 5) is 11.3. The van der Waals surface area contributed by atoms with Gasteiger partial charge in [0.15, 0.2) is 6.10 Å². The van der Waals surface area contributed by atoms with Gasteiger partial charge in [-0.1, -0.05) is 18.2 Å². The summed E-state index contributed by atoms with van der Waals surface area (Å²) < 4.78 is 4.44. The van der Waals surface area contributed by atoms with Gasteiger partial charge in [-0.3, -0.25) is 0 Å². The number of aliphatic hydroxyl groups excluding tert-OH is 2. The minimum Gasteiger partial charge on any atom is -0.467 e. The van der Waals surface area contributed by atoms with Crippen LogP contribution in [0.3, 0.4) is 0 Å². The molecular formula is C13H17NO4. The van der Waals surface area contributed by atoms with Crippen molar-refractivity contribution in [1.82, 2.24) is 5.32 Å². The van der Waals surface area contributed by atoms with Gasteiger partial charge in [-0.25, -0.2) is 4.79 Å². The number of aliphatic hydroxyl groups is 2. The minimum atomic E-state index is -1.55. The highest BCUT2D eigenvalue weighted by Gasteiger charge is 2.29. The topological polar surface area (TPSA) is 78.8 Å².